The molecule has 1 N–H and O–H groups in total. The third-order valence-electron chi connectivity index (χ3n) is 4.34. The van der Waals surface area contributed by atoms with Crippen LogP contribution >= 0.6 is 0 Å². The first kappa shape index (κ1) is 20.5. The molecule has 0 aliphatic carbocycles. The molecule has 0 spiro atoms. The lowest BCUT2D eigenvalue weighted by Crippen LogP contribution is -2.49. The molecule has 0 saturated carbocycles. The van der Waals surface area contributed by atoms with Crippen LogP contribution in [0, 0.1) is 13.8 Å². The summed E-state index contributed by atoms with van der Waals surface area (Å²) in [5, 5.41) is 2.78. The van der Waals surface area contributed by atoms with Crippen molar-refractivity contribution in [2.45, 2.75) is 40.3 Å². The molecule has 0 unspecified atom stereocenters. The first-order chi connectivity index (χ1) is 12.9. The van der Waals surface area contributed by atoms with E-state index in [1.165, 1.54) is 0 Å². The number of carbonyl (C=O) groups excluding carboxylic acids is 2. The Morgan fingerprint density at radius 3 is 2.41 bits per heavy atom. The molecule has 2 aromatic rings. The molecule has 0 aliphatic heterocycles. The molecule has 144 valence electrons. The van der Waals surface area contributed by atoms with Crippen molar-refractivity contribution in [3.63, 3.8) is 0 Å². The highest BCUT2D eigenvalue weighted by molar-refractivity contribution is 5.87. The monoisotopic (exact) mass is 368 g/mol. The Hall–Kier alpha value is -2.82. The average Bonchev–Trinajstić information content (AvgIpc) is 2.65. The third kappa shape index (κ3) is 6.13. The first-order valence-corrected chi connectivity index (χ1v) is 9.23. The highest BCUT2D eigenvalue weighted by Crippen LogP contribution is 2.14. The minimum atomic E-state index is -0.583. The Balaban J connectivity index is 2.12. The smallest absolute Gasteiger partial charge is 0.261 e. The summed E-state index contributed by atoms with van der Waals surface area (Å²) in [6.45, 7) is 8.35. The quantitative estimate of drug-likeness (QED) is 0.778. The van der Waals surface area contributed by atoms with Crippen LogP contribution in [0.15, 0.2) is 48.5 Å². The van der Waals surface area contributed by atoms with E-state index in [9.17, 15) is 9.59 Å². The summed E-state index contributed by atoms with van der Waals surface area (Å²) in [6.07, 6.45) is 0. The molecule has 0 fully saturated rings. The van der Waals surface area contributed by atoms with Gasteiger partial charge in [-0.2, -0.15) is 0 Å². The van der Waals surface area contributed by atoms with Gasteiger partial charge in [-0.1, -0.05) is 42.0 Å². The fourth-order valence-electron chi connectivity index (χ4n) is 2.73. The lowest BCUT2D eigenvalue weighted by molar-refractivity contribution is -0.142. The summed E-state index contributed by atoms with van der Waals surface area (Å²) in [4.78, 5) is 26.7. The number of nitrogens with zero attached hydrogens (tertiary/aromatic N) is 1. The van der Waals surface area contributed by atoms with Crippen LogP contribution in [-0.2, 0) is 16.1 Å². The molecule has 5 nitrogen and oxygen atoms in total. The number of hydrogen-bond acceptors (Lipinski definition) is 3. The SMILES string of the molecule is CCNC(=O)[C@@H](C)N(Cc1ccc(C)cc1)C(=O)COc1cccc(C)c1. The van der Waals surface area contributed by atoms with Gasteiger partial charge in [0, 0.05) is 13.1 Å². The second-order valence-corrected chi connectivity index (χ2v) is 6.68. The van der Waals surface area contributed by atoms with E-state index < -0.39 is 6.04 Å². The van der Waals surface area contributed by atoms with E-state index in [0.717, 1.165) is 16.7 Å². The van der Waals surface area contributed by atoms with Crippen molar-refractivity contribution >= 4 is 11.8 Å². The Morgan fingerprint density at radius 2 is 1.78 bits per heavy atom. The van der Waals surface area contributed by atoms with Crippen LogP contribution in [-0.4, -0.2) is 35.9 Å². The van der Waals surface area contributed by atoms with Gasteiger partial charge in [-0.3, -0.25) is 9.59 Å². The Bertz CT molecular complexity index is 771. The summed E-state index contributed by atoms with van der Waals surface area (Å²) in [5.41, 5.74) is 3.18. The standard InChI is InChI=1S/C22H28N2O3/c1-5-23-22(26)18(4)24(14-19-11-9-16(2)10-12-19)21(25)15-27-20-8-6-7-17(3)13-20/h6-13,18H,5,14-15H2,1-4H3,(H,23,26)/t18-/m1/s1. The fraction of sp³-hybridized carbons (Fsp3) is 0.364. The third-order valence-corrected chi connectivity index (χ3v) is 4.34. The number of carbonyl (C=O) groups is 2. The van der Waals surface area contributed by atoms with Crippen LogP contribution in [0.5, 0.6) is 5.75 Å². The van der Waals surface area contributed by atoms with Gasteiger partial charge in [0.15, 0.2) is 6.61 Å². The van der Waals surface area contributed by atoms with Gasteiger partial charge in [0.05, 0.1) is 0 Å². The van der Waals surface area contributed by atoms with Crippen molar-refractivity contribution in [2.24, 2.45) is 0 Å². The molecule has 2 aromatic carbocycles. The number of aryl methyl sites for hydroxylation is 2. The highest BCUT2D eigenvalue weighted by Gasteiger charge is 2.26. The molecule has 0 saturated heterocycles. The number of benzene rings is 2. The van der Waals surface area contributed by atoms with Gasteiger partial charge < -0.3 is 15.0 Å². The number of nitrogens with one attached hydrogen (secondary N) is 1. The Morgan fingerprint density at radius 1 is 1.07 bits per heavy atom. The van der Waals surface area contributed by atoms with Crippen LogP contribution < -0.4 is 10.1 Å². The maximum Gasteiger partial charge on any atom is 0.261 e. The Labute approximate surface area is 161 Å². The topological polar surface area (TPSA) is 58.6 Å². The summed E-state index contributed by atoms with van der Waals surface area (Å²) in [5.74, 6) is 0.244. The van der Waals surface area contributed by atoms with Crippen LogP contribution in [0.1, 0.15) is 30.5 Å². The highest BCUT2D eigenvalue weighted by atomic mass is 16.5. The Kier molecular flexibility index (Phi) is 7.41. The van der Waals surface area contributed by atoms with E-state index >= 15 is 0 Å². The zero-order valence-electron chi connectivity index (χ0n) is 16.5. The van der Waals surface area contributed by atoms with Crippen LogP contribution in [0.4, 0.5) is 0 Å². The van der Waals surface area contributed by atoms with E-state index in [2.05, 4.69) is 5.32 Å². The van der Waals surface area contributed by atoms with Crippen LogP contribution in [0.3, 0.4) is 0 Å². The van der Waals surface area contributed by atoms with E-state index in [-0.39, 0.29) is 18.4 Å². The molecule has 0 radical (unpaired) electrons. The van der Waals surface area contributed by atoms with E-state index in [1.807, 2.05) is 69.3 Å². The van der Waals surface area contributed by atoms with Crippen molar-refractivity contribution in [3.8, 4) is 5.75 Å². The van der Waals surface area contributed by atoms with Crippen molar-refractivity contribution in [2.75, 3.05) is 13.2 Å². The van der Waals surface area contributed by atoms with Gasteiger partial charge in [-0.25, -0.2) is 0 Å². The molecule has 0 heterocycles. The predicted octanol–water partition coefficient (Wildman–Crippen LogP) is 3.24. The van der Waals surface area contributed by atoms with Crippen molar-refractivity contribution < 1.29 is 14.3 Å². The predicted molar refractivity (Wildman–Crippen MR) is 107 cm³/mol. The zero-order valence-corrected chi connectivity index (χ0v) is 16.5. The van der Waals surface area contributed by atoms with Crippen molar-refractivity contribution in [1.29, 1.82) is 0 Å². The van der Waals surface area contributed by atoms with Gasteiger partial charge in [0.25, 0.3) is 5.91 Å². The average molecular weight is 368 g/mol. The molecule has 5 heteroatoms. The van der Waals surface area contributed by atoms with Crippen molar-refractivity contribution in [3.05, 3.63) is 65.2 Å². The molecule has 0 aromatic heterocycles. The zero-order chi connectivity index (χ0) is 19.8. The molecule has 0 aliphatic rings. The minimum Gasteiger partial charge on any atom is -0.484 e. The van der Waals surface area contributed by atoms with E-state index in [4.69, 9.17) is 4.74 Å². The number of ether oxygens (including phenoxy) is 1. The summed E-state index contributed by atoms with van der Waals surface area (Å²) < 4.78 is 5.65. The molecule has 27 heavy (non-hydrogen) atoms. The van der Waals surface area contributed by atoms with Gasteiger partial charge >= 0.3 is 0 Å². The lowest BCUT2D eigenvalue weighted by atomic mass is 10.1. The maximum absolute atomic E-state index is 12.8. The molecule has 1 atom stereocenters. The number of rotatable bonds is 8. The fourth-order valence-corrected chi connectivity index (χ4v) is 2.73. The minimum absolute atomic E-state index is 0.112. The second-order valence-electron chi connectivity index (χ2n) is 6.68. The second kappa shape index (κ2) is 9.76. The summed E-state index contributed by atoms with van der Waals surface area (Å²) in [6, 6.07) is 14.9. The largest absolute Gasteiger partial charge is 0.484 e. The summed E-state index contributed by atoms with van der Waals surface area (Å²) in [7, 11) is 0. The molecule has 2 amide bonds. The van der Waals surface area contributed by atoms with E-state index in [0.29, 0.717) is 18.8 Å². The number of amides is 2. The van der Waals surface area contributed by atoms with Crippen LogP contribution in [0.2, 0.25) is 0 Å². The van der Waals surface area contributed by atoms with Crippen molar-refractivity contribution in [1.82, 2.24) is 10.2 Å². The lowest BCUT2D eigenvalue weighted by Gasteiger charge is -2.28. The van der Waals surface area contributed by atoms with Gasteiger partial charge in [-0.15, -0.1) is 0 Å². The summed E-state index contributed by atoms with van der Waals surface area (Å²) >= 11 is 0. The number of hydrogen-bond donors (Lipinski definition) is 1. The van der Waals surface area contributed by atoms with Gasteiger partial charge in [0.1, 0.15) is 11.8 Å². The molecular formula is C22H28N2O3. The maximum atomic E-state index is 12.8. The molecular weight excluding hydrogens is 340 g/mol. The van der Waals surface area contributed by atoms with Gasteiger partial charge in [-0.05, 0) is 51.0 Å². The molecule has 0 bridgehead atoms. The first-order valence-electron chi connectivity index (χ1n) is 9.23. The number of likely N-dealkylation sites (N-methyl/N-ethyl adjacent to an activating group) is 1. The normalized spacial score (nSPS) is 11.6. The van der Waals surface area contributed by atoms with Gasteiger partial charge in [0.2, 0.25) is 5.91 Å². The molecule has 2 rings (SSSR count). The van der Waals surface area contributed by atoms with E-state index in [1.54, 1.807) is 11.8 Å². The van der Waals surface area contributed by atoms with Crippen LogP contribution in [0.25, 0.3) is 0 Å².